The fraction of sp³-hybridized carbons (Fsp3) is 0.676. The molecule has 1 unspecified atom stereocenters. The van der Waals surface area contributed by atoms with Crippen molar-refractivity contribution in [2.24, 2.45) is 0 Å². The number of carboxylic acid groups (broad SMARTS) is 2. The van der Waals surface area contributed by atoms with Crippen LogP contribution in [0.15, 0.2) is 24.3 Å². The summed E-state index contributed by atoms with van der Waals surface area (Å²) in [5.74, 6) is -2.33. The van der Waals surface area contributed by atoms with Gasteiger partial charge in [0.2, 0.25) is 17.7 Å². The highest BCUT2D eigenvalue weighted by Gasteiger charge is 2.27. The third-order valence-electron chi connectivity index (χ3n) is 9.14. The highest BCUT2D eigenvalue weighted by molar-refractivity contribution is 6.36. The Morgan fingerprint density at radius 2 is 1.34 bits per heavy atom. The van der Waals surface area contributed by atoms with Crippen LogP contribution in [0.4, 0.5) is 0 Å². The maximum Gasteiger partial charge on any atom is 0.317 e. The molecule has 4 amide bonds. The summed E-state index contributed by atoms with van der Waals surface area (Å²) in [6, 6.07) is 6.92. The number of carboxylic acids is 2. The summed E-state index contributed by atoms with van der Waals surface area (Å²) in [7, 11) is 2.02. The Morgan fingerprint density at radius 3 is 1.91 bits per heavy atom. The lowest BCUT2D eigenvalue weighted by atomic mass is 9.71. The van der Waals surface area contributed by atoms with Gasteiger partial charge < -0.3 is 31.1 Å². The molecular weight excluding hydrogens is 681 g/mol. The molecule has 1 aromatic carbocycles. The van der Waals surface area contributed by atoms with Crippen molar-refractivity contribution < 1.29 is 39.0 Å². The Kier molecular flexibility index (Phi) is 22.0. The van der Waals surface area contributed by atoms with E-state index in [-0.39, 0.29) is 55.7 Å². The van der Waals surface area contributed by atoms with Gasteiger partial charge in [-0.1, -0.05) is 39.2 Å². The summed E-state index contributed by atoms with van der Waals surface area (Å²) in [6.45, 7) is 10.5. The molecule has 0 spiro atoms. The monoisotopic (exact) mass is 742 g/mol. The number of likely N-dealkylation sites (tertiary alicyclic amines) is 1. The minimum absolute atomic E-state index is 0.0408. The van der Waals surface area contributed by atoms with E-state index < -0.39 is 11.9 Å². The molecule has 5 N–H and O–H groups in total. The minimum Gasteiger partial charge on any atom is -0.480 e. The van der Waals surface area contributed by atoms with E-state index in [9.17, 15) is 33.9 Å². The second-order valence-corrected chi connectivity index (χ2v) is 13.6. The van der Waals surface area contributed by atoms with Gasteiger partial charge in [0.1, 0.15) is 7.28 Å². The smallest absolute Gasteiger partial charge is 0.317 e. The zero-order chi connectivity index (χ0) is 39.0. The van der Waals surface area contributed by atoms with Gasteiger partial charge in [-0.25, -0.2) is 0 Å². The molecule has 1 fully saturated rings. The lowest BCUT2D eigenvalue weighted by molar-refractivity contribution is -0.140. The third kappa shape index (κ3) is 19.0. The van der Waals surface area contributed by atoms with Crippen LogP contribution in [0.25, 0.3) is 0 Å². The highest BCUT2D eigenvalue weighted by Crippen LogP contribution is 2.16. The van der Waals surface area contributed by atoms with Gasteiger partial charge in [0.05, 0.1) is 26.2 Å². The van der Waals surface area contributed by atoms with Crippen molar-refractivity contribution in [1.29, 1.82) is 0 Å². The average molecular weight is 743 g/mol. The molecule has 0 bridgehead atoms. The summed E-state index contributed by atoms with van der Waals surface area (Å²) < 4.78 is 0. The van der Waals surface area contributed by atoms with Crippen molar-refractivity contribution in [3.8, 4) is 0 Å². The second-order valence-electron chi connectivity index (χ2n) is 13.6. The molecule has 53 heavy (non-hydrogen) atoms. The van der Waals surface area contributed by atoms with Crippen LogP contribution in [0, 0.1) is 0 Å². The fourth-order valence-corrected chi connectivity index (χ4v) is 6.34. The Labute approximate surface area is 315 Å². The summed E-state index contributed by atoms with van der Waals surface area (Å²) >= 11 is 0. The molecule has 1 aliphatic rings. The highest BCUT2D eigenvalue weighted by atomic mass is 16.4. The van der Waals surface area contributed by atoms with Crippen LogP contribution < -0.4 is 16.0 Å². The van der Waals surface area contributed by atoms with Crippen LogP contribution in [-0.2, 0) is 30.5 Å². The van der Waals surface area contributed by atoms with Gasteiger partial charge in [-0.2, -0.15) is 0 Å². The van der Waals surface area contributed by atoms with Crippen molar-refractivity contribution in [3.05, 3.63) is 35.4 Å². The lowest BCUT2D eigenvalue weighted by Gasteiger charge is -2.28. The molecule has 1 saturated heterocycles. The zero-order valence-corrected chi connectivity index (χ0v) is 31.9. The van der Waals surface area contributed by atoms with Crippen molar-refractivity contribution >= 4 is 42.8 Å². The van der Waals surface area contributed by atoms with E-state index in [4.69, 9.17) is 5.11 Å². The molecule has 1 aromatic rings. The number of amides is 4. The Hall–Kier alpha value is -4.02. The number of unbranched alkanes of at least 4 members (excludes halogenated alkanes) is 2. The van der Waals surface area contributed by atoms with Crippen LogP contribution in [-0.4, -0.2) is 157 Å². The number of benzene rings is 1. The first-order chi connectivity index (χ1) is 25.4. The van der Waals surface area contributed by atoms with Crippen LogP contribution in [0.3, 0.4) is 0 Å². The fourth-order valence-electron chi connectivity index (χ4n) is 6.34. The number of carbonyl (C=O) groups is 6. The first kappa shape index (κ1) is 45.1. The Morgan fingerprint density at radius 1 is 0.755 bits per heavy atom. The largest absolute Gasteiger partial charge is 0.480 e. The number of nitrogens with one attached hydrogen (secondary N) is 3. The third-order valence-corrected chi connectivity index (χ3v) is 9.14. The summed E-state index contributed by atoms with van der Waals surface area (Å²) in [5.41, 5.74) is 1.30. The summed E-state index contributed by atoms with van der Waals surface area (Å²) in [5, 5.41) is 27.1. The molecule has 1 radical (unpaired) electrons. The molecule has 0 saturated carbocycles. The van der Waals surface area contributed by atoms with Crippen LogP contribution in [0.2, 0.25) is 6.82 Å². The number of hydrogen-bond acceptors (Lipinski definition) is 9. The number of hydrogen-bond donors (Lipinski definition) is 5. The number of rotatable bonds is 28. The topological polar surface area (TPSA) is 192 Å². The first-order valence-corrected chi connectivity index (χ1v) is 19.1. The van der Waals surface area contributed by atoms with Gasteiger partial charge in [0.25, 0.3) is 5.91 Å². The average Bonchev–Trinajstić information content (AvgIpc) is 3.61. The van der Waals surface area contributed by atoms with E-state index in [2.05, 4.69) is 16.0 Å². The molecule has 0 aliphatic carbocycles. The van der Waals surface area contributed by atoms with Crippen molar-refractivity contribution in [1.82, 2.24) is 35.6 Å². The SMILES string of the molecule is C[B]C1CCCN1C(=O)CNC(=O)c1ccc(CNC(=O)CCCCCNC(=O)CN(CCC)CCN(CCN(CCC)CC(=O)O)CC(=O)O)cc1. The molecule has 1 atom stereocenters. The molecule has 15 nitrogen and oxygen atoms in total. The normalized spacial score (nSPS) is 14.1. The molecule has 1 heterocycles. The van der Waals surface area contributed by atoms with E-state index in [1.807, 2.05) is 32.8 Å². The number of carbonyl (C=O) groups excluding carboxylic acids is 4. The van der Waals surface area contributed by atoms with Gasteiger partial charge in [-0.15, -0.1) is 0 Å². The lowest BCUT2D eigenvalue weighted by Crippen LogP contribution is -2.45. The van der Waals surface area contributed by atoms with Gasteiger partial charge in [0.15, 0.2) is 0 Å². The van der Waals surface area contributed by atoms with E-state index in [0.29, 0.717) is 77.3 Å². The second kappa shape index (κ2) is 25.9. The number of nitrogens with zero attached hydrogens (tertiary/aromatic N) is 4. The Balaban J connectivity index is 1.63. The Bertz CT molecular complexity index is 1300. The molecule has 295 valence electrons. The predicted molar refractivity (Wildman–Crippen MR) is 204 cm³/mol. The maximum atomic E-state index is 12.7. The molecule has 1 aliphatic heterocycles. The maximum absolute atomic E-state index is 12.7. The van der Waals surface area contributed by atoms with Crippen LogP contribution in [0.5, 0.6) is 0 Å². The van der Waals surface area contributed by atoms with Crippen molar-refractivity contribution in [2.45, 2.75) is 84.5 Å². The minimum atomic E-state index is -0.955. The van der Waals surface area contributed by atoms with Crippen molar-refractivity contribution in [3.63, 3.8) is 0 Å². The van der Waals surface area contributed by atoms with Gasteiger partial charge in [-0.3, -0.25) is 43.5 Å². The van der Waals surface area contributed by atoms with E-state index in [1.54, 1.807) is 39.0 Å². The standard InChI is InChI=1S/C37H61BN7O8/c1-4-17-42(20-22-44(28-36(51)52)23-21-43(18-5-2)27-35(49)50)26-33(47)39-16-8-6-7-11-32(46)40-24-29-12-14-30(15-13-29)37(53)41-25-34(48)45-19-9-10-31(45)38-3/h12-15,31H,4-11,16-28H2,1-3H3,(H,39,47)(H,40,46)(H,41,53)(H,49,50)(H,51,52). The summed E-state index contributed by atoms with van der Waals surface area (Å²) in [6.07, 6.45) is 6.10. The van der Waals surface area contributed by atoms with E-state index >= 15 is 0 Å². The van der Waals surface area contributed by atoms with Gasteiger partial charge in [0, 0.05) is 63.7 Å². The van der Waals surface area contributed by atoms with E-state index in [1.165, 1.54) is 0 Å². The van der Waals surface area contributed by atoms with Crippen LogP contribution >= 0.6 is 0 Å². The predicted octanol–water partition coefficient (Wildman–Crippen LogP) is 1.31. The molecular formula is C37H61BN7O8. The number of aliphatic carboxylic acids is 2. The zero-order valence-electron chi connectivity index (χ0n) is 31.9. The molecule has 0 aromatic heterocycles. The van der Waals surface area contributed by atoms with Gasteiger partial charge in [-0.05, 0) is 69.3 Å². The molecule has 16 heteroatoms. The quantitative estimate of drug-likeness (QED) is 0.0615. The molecule has 2 rings (SSSR count). The van der Waals surface area contributed by atoms with E-state index in [0.717, 1.165) is 44.1 Å². The van der Waals surface area contributed by atoms with Crippen molar-refractivity contribution in [2.75, 3.05) is 78.5 Å². The summed E-state index contributed by atoms with van der Waals surface area (Å²) in [4.78, 5) is 80.1. The van der Waals surface area contributed by atoms with Gasteiger partial charge >= 0.3 is 11.9 Å². The first-order valence-electron chi connectivity index (χ1n) is 19.1. The van der Waals surface area contributed by atoms with Crippen LogP contribution in [0.1, 0.15) is 81.1 Å².